The number of rotatable bonds is 2. The normalized spacial score (nSPS) is 16.9. The Balaban J connectivity index is 1.77. The van der Waals surface area contributed by atoms with Gasteiger partial charge in [0.05, 0.1) is 0 Å². The fraction of sp³-hybridized carbons (Fsp3) is 0. The first-order valence-electron chi connectivity index (χ1n) is 5.79. The maximum absolute atomic E-state index is 2.24. The summed E-state index contributed by atoms with van der Waals surface area (Å²) in [6.07, 6.45) is 2.24. The fourth-order valence-corrected chi connectivity index (χ4v) is 3.92. The zero-order valence-electron chi connectivity index (χ0n) is 9.74. The molecule has 0 N–H and O–H groups in total. The van der Waals surface area contributed by atoms with Gasteiger partial charge in [0.15, 0.2) is 0 Å². The average molecular weight is 268 g/mol. The van der Waals surface area contributed by atoms with Crippen LogP contribution in [0.1, 0.15) is 11.1 Å². The van der Waals surface area contributed by atoms with Gasteiger partial charge in [0.1, 0.15) is 0 Å². The van der Waals surface area contributed by atoms with Crippen LogP contribution in [-0.4, -0.2) is 0 Å². The van der Waals surface area contributed by atoms with Gasteiger partial charge in [-0.1, -0.05) is 84.2 Å². The summed E-state index contributed by atoms with van der Waals surface area (Å²) in [6.45, 7) is 0. The summed E-state index contributed by atoms with van der Waals surface area (Å²) in [5.74, 6) is 0. The summed E-state index contributed by atoms with van der Waals surface area (Å²) < 4.78 is 1.33. The Morgan fingerprint density at radius 3 is 2.17 bits per heavy atom. The molecular weight excluding hydrogens is 256 g/mol. The number of thioether (sulfide) groups is 2. The predicted octanol–water partition coefficient (Wildman–Crippen LogP) is 5.46. The van der Waals surface area contributed by atoms with E-state index in [1.807, 2.05) is 17.8 Å². The highest BCUT2D eigenvalue weighted by molar-refractivity contribution is 8.31. The van der Waals surface area contributed by atoms with Gasteiger partial charge in [-0.15, -0.1) is 0 Å². The third-order valence-corrected chi connectivity index (χ3v) is 4.92. The van der Waals surface area contributed by atoms with Crippen molar-refractivity contribution in [3.8, 4) is 0 Å². The van der Waals surface area contributed by atoms with Crippen LogP contribution in [0.5, 0.6) is 0 Å². The Labute approximate surface area is 116 Å². The van der Waals surface area contributed by atoms with Gasteiger partial charge < -0.3 is 0 Å². The molecule has 1 aliphatic rings. The van der Waals surface area contributed by atoms with Crippen LogP contribution in [-0.2, 0) is 0 Å². The smallest absolute Gasteiger partial charge is 0.0499 e. The second-order valence-corrected chi connectivity index (χ2v) is 6.20. The molecule has 0 aliphatic carbocycles. The predicted molar refractivity (Wildman–Crippen MR) is 84.0 cm³/mol. The highest BCUT2D eigenvalue weighted by Gasteiger charge is 2.13. The third-order valence-electron chi connectivity index (χ3n) is 2.64. The Kier molecular flexibility index (Phi) is 3.58. The number of hydrogen-bond acceptors (Lipinski definition) is 2. The zero-order valence-corrected chi connectivity index (χ0v) is 11.4. The lowest BCUT2D eigenvalue weighted by Gasteiger charge is -2.00. The van der Waals surface area contributed by atoms with E-state index in [0.717, 1.165) is 0 Å². The van der Waals surface area contributed by atoms with Crippen molar-refractivity contribution in [1.82, 2.24) is 0 Å². The van der Waals surface area contributed by atoms with E-state index >= 15 is 0 Å². The van der Waals surface area contributed by atoms with Crippen molar-refractivity contribution >= 4 is 34.5 Å². The Hall–Kier alpha value is -1.38. The molecule has 18 heavy (non-hydrogen) atoms. The highest BCUT2D eigenvalue weighted by atomic mass is 32.2. The van der Waals surface area contributed by atoms with Crippen molar-refractivity contribution in [1.29, 1.82) is 0 Å². The van der Waals surface area contributed by atoms with Crippen LogP contribution < -0.4 is 0 Å². The van der Waals surface area contributed by atoms with Gasteiger partial charge >= 0.3 is 0 Å². The molecule has 0 spiro atoms. The van der Waals surface area contributed by atoms with Gasteiger partial charge in [-0.05, 0) is 22.6 Å². The minimum absolute atomic E-state index is 1.26. The second-order valence-electron chi connectivity index (χ2n) is 3.94. The molecule has 0 bridgehead atoms. The van der Waals surface area contributed by atoms with Crippen LogP contribution in [0.3, 0.4) is 0 Å². The van der Waals surface area contributed by atoms with E-state index in [2.05, 4.69) is 66.1 Å². The standard InChI is InChI=1S/C16H12S2/c1-3-7-13(8-4-1)11-16-17-12-15(18-16)14-9-5-2-6-10-14/h1-12H/b16-11-. The van der Waals surface area contributed by atoms with Gasteiger partial charge in [-0.3, -0.25) is 0 Å². The molecule has 0 amide bonds. The molecule has 0 fully saturated rings. The number of hydrogen-bond donors (Lipinski definition) is 0. The molecule has 2 heteroatoms. The van der Waals surface area contributed by atoms with Crippen molar-refractivity contribution in [3.05, 3.63) is 81.4 Å². The summed E-state index contributed by atoms with van der Waals surface area (Å²) in [4.78, 5) is 1.34. The molecule has 0 radical (unpaired) electrons. The molecule has 0 nitrogen and oxygen atoms in total. The first-order valence-corrected chi connectivity index (χ1v) is 7.48. The van der Waals surface area contributed by atoms with E-state index < -0.39 is 0 Å². The molecule has 88 valence electrons. The summed E-state index contributed by atoms with van der Waals surface area (Å²) in [7, 11) is 0. The Morgan fingerprint density at radius 2 is 1.44 bits per heavy atom. The SMILES string of the molecule is C1=C(c2ccccc2)S/C(=C\c2ccccc2)S1. The molecule has 0 unspecified atom stereocenters. The van der Waals surface area contributed by atoms with Crippen LogP contribution in [0.25, 0.3) is 11.0 Å². The van der Waals surface area contributed by atoms with E-state index in [4.69, 9.17) is 0 Å². The first kappa shape index (κ1) is 11.7. The monoisotopic (exact) mass is 268 g/mol. The molecule has 2 aromatic rings. The minimum Gasteiger partial charge on any atom is -0.0895 e. The molecule has 1 aliphatic heterocycles. The molecule has 3 rings (SSSR count). The first-order chi connectivity index (χ1) is 8.92. The van der Waals surface area contributed by atoms with E-state index in [1.54, 1.807) is 11.8 Å². The average Bonchev–Trinajstić information content (AvgIpc) is 2.89. The molecule has 0 saturated carbocycles. The zero-order chi connectivity index (χ0) is 12.2. The molecule has 2 aromatic carbocycles. The van der Waals surface area contributed by atoms with E-state index in [1.165, 1.54) is 20.3 Å². The maximum atomic E-state index is 2.24. The number of benzene rings is 2. The van der Waals surface area contributed by atoms with Gasteiger partial charge in [-0.2, -0.15) is 0 Å². The second kappa shape index (κ2) is 5.51. The van der Waals surface area contributed by atoms with Crippen molar-refractivity contribution in [2.75, 3.05) is 0 Å². The van der Waals surface area contributed by atoms with E-state index in [0.29, 0.717) is 0 Å². The lowest BCUT2D eigenvalue weighted by molar-refractivity contribution is 1.66. The summed E-state index contributed by atoms with van der Waals surface area (Å²) >= 11 is 3.65. The van der Waals surface area contributed by atoms with E-state index in [9.17, 15) is 0 Å². The summed E-state index contributed by atoms with van der Waals surface area (Å²) in [6, 6.07) is 21.0. The van der Waals surface area contributed by atoms with Crippen molar-refractivity contribution in [2.24, 2.45) is 0 Å². The van der Waals surface area contributed by atoms with Crippen LogP contribution >= 0.6 is 23.5 Å². The topological polar surface area (TPSA) is 0 Å². The highest BCUT2D eigenvalue weighted by Crippen LogP contribution is 2.48. The minimum atomic E-state index is 1.26. The fourth-order valence-electron chi connectivity index (χ4n) is 1.75. The van der Waals surface area contributed by atoms with Gasteiger partial charge in [0, 0.05) is 9.14 Å². The van der Waals surface area contributed by atoms with Crippen molar-refractivity contribution < 1.29 is 0 Å². The lowest BCUT2D eigenvalue weighted by Crippen LogP contribution is -1.74. The molecule has 0 saturated heterocycles. The molecular formula is C16H12S2. The lowest BCUT2D eigenvalue weighted by atomic mass is 10.2. The molecule has 0 atom stereocenters. The van der Waals surface area contributed by atoms with Crippen LogP contribution in [0.2, 0.25) is 0 Å². The van der Waals surface area contributed by atoms with Crippen molar-refractivity contribution in [3.63, 3.8) is 0 Å². The summed E-state index contributed by atoms with van der Waals surface area (Å²) in [5.41, 5.74) is 2.56. The van der Waals surface area contributed by atoms with Crippen LogP contribution in [0.15, 0.2) is 70.3 Å². The van der Waals surface area contributed by atoms with Crippen molar-refractivity contribution in [2.45, 2.75) is 0 Å². The Bertz CT molecular complexity index is 583. The van der Waals surface area contributed by atoms with Crippen LogP contribution in [0, 0.1) is 0 Å². The quantitative estimate of drug-likeness (QED) is 0.709. The van der Waals surface area contributed by atoms with Gasteiger partial charge in [0.25, 0.3) is 0 Å². The Morgan fingerprint density at radius 1 is 0.778 bits per heavy atom. The largest absolute Gasteiger partial charge is 0.0895 e. The maximum Gasteiger partial charge on any atom is 0.0499 e. The molecule has 1 heterocycles. The summed E-state index contributed by atoms with van der Waals surface area (Å²) in [5, 5.41) is 2.23. The van der Waals surface area contributed by atoms with E-state index in [-0.39, 0.29) is 0 Å². The third kappa shape index (κ3) is 2.71. The molecule has 0 aromatic heterocycles. The van der Waals surface area contributed by atoms with Crippen LogP contribution in [0.4, 0.5) is 0 Å². The van der Waals surface area contributed by atoms with Gasteiger partial charge in [0.2, 0.25) is 0 Å². The van der Waals surface area contributed by atoms with Gasteiger partial charge in [-0.25, -0.2) is 0 Å².